The summed E-state index contributed by atoms with van der Waals surface area (Å²) in [6.45, 7) is 9.77. The van der Waals surface area contributed by atoms with Crippen LogP contribution in [0.1, 0.15) is 58.6 Å². The quantitative estimate of drug-likeness (QED) is 0.788. The zero-order valence-electron chi connectivity index (χ0n) is 13.0. The molecule has 0 radical (unpaired) electrons. The van der Waals surface area contributed by atoms with Crippen LogP contribution in [0, 0.1) is 16.7 Å². The Labute approximate surface area is 131 Å². The number of fused-ring (bicyclic) bond motifs is 2. The van der Waals surface area contributed by atoms with Gasteiger partial charge in [0.1, 0.15) is 0 Å². The summed E-state index contributed by atoms with van der Waals surface area (Å²) in [5.41, 5.74) is 2.32. The van der Waals surface area contributed by atoms with Crippen LogP contribution in [0.15, 0.2) is 28.7 Å². The maximum Gasteiger partial charge on any atom is 0.0294 e. The van der Waals surface area contributed by atoms with Gasteiger partial charge in [-0.25, -0.2) is 0 Å². The third-order valence-corrected chi connectivity index (χ3v) is 7.09. The average Bonchev–Trinajstić information content (AvgIpc) is 2.72. The van der Waals surface area contributed by atoms with Crippen molar-refractivity contribution in [2.24, 2.45) is 16.7 Å². The highest BCUT2D eigenvalue weighted by Gasteiger charge is 2.61. The SMILES string of the molecule is CC(NC1CC2CCC1(C)C2(C)C)c1cccc(Br)c1. The van der Waals surface area contributed by atoms with E-state index in [1.54, 1.807) is 0 Å². The van der Waals surface area contributed by atoms with Gasteiger partial charge >= 0.3 is 0 Å². The smallest absolute Gasteiger partial charge is 0.0294 e. The Balaban J connectivity index is 1.76. The van der Waals surface area contributed by atoms with Gasteiger partial charge in [-0.2, -0.15) is 0 Å². The fourth-order valence-electron chi connectivity index (χ4n) is 4.63. The Morgan fingerprint density at radius 2 is 2.05 bits per heavy atom. The van der Waals surface area contributed by atoms with Gasteiger partial charge in [-0.05, 0) is 60.6 Å². The van der Waals surface area contributed by atoms with Crippen LogP contribution in [0.4, 0.5) is 0 Å². The highest BCUT2D eigenvalue weighted by Crippen LogP contribution is 2.65. The molecule has 0 saturated heterocycles. The molecule has 110 valence electrons. The Morgan fingerprint density at radius 1 is 1.30 bits per heavy atom. The molecule has 2 aliphatic carbocycles. The topological polar surface area (TPSA) is 12.0 Å². The van der Waals surface area contributed by atoms with Crippen molar-refractivity contribution in [1.82, 2.24) is 5.32 Å². The van der Waals surface area contributed by atoms with Crippen molar-refractivity contribution in [3.63, 3.8) is 0 Å². The van der Waals surface area contributed by atoms with E-state index in [4.69, 9.17) is 0 Å². The van der Waals surface area contributed by atoms with E-state index in [1.807, 2.05) is 0 Å². The zero-order chi connectivity index (χ0) is 14.5. The van der Waals surface area contributed by atoms with Crippen molar-refractivity contribution in [3.05, 3.63) is 34.3 Å². The molecule has 4 unspecified atom stereocenters. The first-order chi connectivity index (χ1) is 9.34. The molecule has 0 amide bonds. The molecule has 2 bridgehead atoms. The summed E-state index contributed by atoms with van der Waals surface area (Å²) >= 11 is 3.58. The minimum absolute atomic E-state index is 0.421. The summed E-state index contributed by atoms with van der Waals surface area (Å²) in [6, 6.07) is 9.76. The minimum atomic E-state index is 0.421. The van der Waals surface area contributed by atoms with Crippen LogP contribution in [0.25, 0.3) is 0 Å². The molecular weight excluding hydrogens is 310 g/mol. The Hall–Kier alpha value is -0.340. The molecule has 0 heterocycles. The maximum atomic E-state index is 3.93. The minimum Gasteiger partial charge on any atom is -0.307 e. The highest BCUT2D eigenvalue weighted by atomic mass is 79.9. The van der Waals surface area contributed by atoms with Crippen molar-refractivity contribution in [2.75, 3.05) is 0 Å². The Morgan fingerprint density at radius 3 is 2.60 bits per heavy atom. The van der Waals surface area contributed by atoms with Crippen LogP contribution in [-0.2, 0) is 0 Å². The van der Waals surface area contributed by atoms with Crippen molar-refractivity contribution < 1.29 is 0 Å². The molecule has 1 aromatic carbocycles. The van der Waals surface area contributed by atoms with Gasteiger partial charge in [0.05, 0.1) is 0 Å². The average molecular weight is 336 g/mol. The van der Waals surface area contributed by atoms with Crippen molar-refractivity contribution >= 4 is 15.9 Å². The summed E-state index contributed by atoms with van der Waals surface area (Å²) < 4.78 is 1.17. The van der Waals surface area contributed by atoms with Gasteiger partial charge in [-0.1, -0.05) is 48.8 Å². The third kappa shape index (κ3) is 2.07. The first kappa shape index (κ1) is 14.6. The lowest BCUT2D eigenvalue weighted by atomic mass is 9.69. The predicted molar refractivity (Wildman–Crippen MR) is 88.7 cm³/mol. The van der Waals surface area contributed by atoms with Crippen molar-refractivity contribution in [2.45, 2.75) is 59.0 Å². The summed E-state index contributed by atoms with van der Waals surface area (Å²) in [7, 11) is 0. The van der Waals surface area contributed by atoms with Crippen LogP contribution >= 0.6 is 15.9 Å². The monoisotopic (exact) mass is 335 g/mol. The van der Waals surface area contributed by atoms with Crippen LogP contribution in [0.2, 0.25) is 0 Å². The number of halogens is 1. The molecule has 0 spiro atoms. The van der Waals surface area contributed by atoms with Gasteiger partial charge in [-0.3, -0.25) is 0 Å². The second-order valence-corrected chi connectivity index (χ2v) is 8.52. The summed E-state index contributed by atoms with van der Waals surface area (Å²) in [6.07, 6.45) is 4.16. The summed E-state index contributed by atoms with van der Waals surface area (Å²) in [5.74, 6) is 0.903. The van der Waals surface area contributed by atoms with Gasteiger partial charge in [0.2, 0.25) is 0 Å². The molecular formula is C18H26BrN. The zero-order valence-corrected chi connectivity index (χ0v) is 14.6. The summed E-state index contributed by atoms with van der Waals surface area (Å²) in [4.78, 5) is 0. The van der Waals surface area contributed by atoms with Crippen LogP contribution in [-0.4, -0.2) is 6.04 Å². The number of rotatable bonds is 3. The van der Waals surface area contributed by atoms with Gasteiger partial charge in [0, 0.05) is 16.6 Å². The van der Waals surface area contributed by atoms with E-state index < -0.39 is 0 Å². The fraction of sp³-hybridized carbons (Fsp3) is 0.667. The molecule has 2 aliphatic rings. The first-order valence-corrected chi connectivity index (χ1v) is 8.65. The molecule has 20 heavy (non-hydrogen) atoms. The van der Waals surface area contributed by atoms with E-state index in [2.05, 4.69) is 73.2 Å². The predicted octanol–water partition coefficient (Wildman–Crippen LogP) is 5.31. The number of hydrogen-bond acceptors (Lipinski definition) is 1. The van der Waals surface area contributed by atoms with E-state index in [0.29, 0.717) is 22.9 Å². The lowest BCUT2D eigenvalue weighted by Crippen LogP contribution is -2.45. The first-order valence-electron chi connectivity index (χ1n) is 7.86. The van der Waals surface area contributed by atoms with Gasteiger partial charge in [0.25, 0.3) is 0 Å². The van der Waals surface area contributed by atoms with Crippen molar-refractivity contribution in [1.29, 1.82) is 0 Å². The van der Waals surface area contributed by atoms with Gasteiger partial charge in [0.15, 0.2) is 0 Å². The third-order valence-electron chi connectivity index (χ3n) is 6.59. The molecule has 2 fully saturated rings. The Bertz CT molecular complexity index is 510. The summed E-state index contributed by atoms with van der Waals surface area (Å²) in [5, 5.41) is 3.93. The Kier molecular flexibility index (Phi) is 3.53. The molecule has 2 saturated carbocycles. The number of hydrogen-bond donors (Lipinski definition) is 1. The lowest BCUT2D eigenvalue weighted by Gasteiger charge is -2.40. The van der Waals surface area contributed by atoms with E-state index in [-0.39, 0.29) is 0 Å². The van der Waals surface area contributed by atoms with Crippen molar-refractivity contribution in [3.8, 4) is 0 Å². The molecule has 1 aromatic rings. The number of benzene rings is 1. The van der Waals surface area contributed by atoms with Gasteiger partial charge < -0.3 is 5.32 Å². The highest BCUT2D eigenvalue weighted by molar-refractivity contribution is 9.10. The maximum absolute atomic E-state index is 3.93. The fourth-order valence-corrected chi connectivity index (χ4v) is 5.05. The number of nitrogens with one attached hydrogen (secondary N) is 1. The second-order valence-electron chi connectivity index (χ2n) is 7.61. The molecule has 4 atom stereocenters. The van der Waals surface area contributed by atoms with Crippen LogP contribution in [0.5, 0.6) is 0 Å². The molecule has 3 rings (SSSR count). The normalized spacial score (nSPS) is 36.2. The standard InChI is InChI=1S/C18H26BrN/c1-12(13-6-5-7-15(19)10-13)20-16-11-14-8-9-18(16,4)17(14,2)3/h5-7,10,12,14,16,20H,8-9,11H2,1-4H3. The van der Waals surface area contributed by atoms with E-state index in [9.17, 15) is 0 Å². The molecule has 0 aliphatic heterocycles. The van der Waals surface area contributed by atoms with E-state index >= 15 is 0 Å². The van der Waals surface area contributed by atoms with Crippen LogP contribution in [0.3, 0.4) is 0 Å². The molecule has 1 N–H and O–H groups in total. The van der Waals surface area contributed by atoms with Crippen LogP contribution < -0.4 is 5.32 Å². The van der Waals surface area contributed by atoms with E-state index in [1.165, 1.54) is 29.3 Å². The second kappa shape index (κ2) is 4.84. The molecule has 2 heteroatoms. The van der Waals surface area contributed by atoms with Gasteiger partial charge in [-0.15, -0.1) is 0 Å². The molecule has 1 nitrogen and oxygen atoms in total. The largest absolute Gasteiger partial charge is 0.307 e. The lowest BCUT2D eigenvalue weighted by molar-refractivity contribution is 0.116. The van der Waals surface area contributed by atoms with E-state index in [0.717, 1.165) is 5.92 Å². The molecule has 0 aromatic heterocycles.